The van der Waals surface area contributed by atoms with Crippen molar-refractivity contribution in [1.82, 2.24) is 10.2 Å². The van der Waals surface area contributed by atoms with Crippen LogP contribution in [0.5, 0.6) is 5.75 Å². The number of piperidine rings is 1. The second kappa shape index (κ2) is 8.87. The van der Waals surface area contributed by atoms with E-state index in [1.165, 1.54) is 0 Å². The summed E-state index contributed by atoms with van der Waals surface area (Å²) in [6.07, 6.45) is 1.54. The van der Waals surface area contributed by atoms with Crippen molar-refractivity contribution in [2.45, 2.75) is 45.3 Å². The molecule has 0 spiro atoms. The first-order valence-corrected chi connectivity index (χ1v) is 10.2. The second-order valence-electron chi connectivity index (χ2n) is 8.31. The summed E-state index contributed by atoms with van der Waals surface area (Å²) in [7, 11) is 0. The average molecular weight is 415 g/mol. The van der Waals surface area contributed by atoms with Gasteiger partial charge in [-0.3, -0.25) is 9.59 Å². The minimum atomic E-state index is -0.370. The Morgan fingerprint density at radius 2 is 1.59 bits per heavy atom. The lowest BCUT2D eigenvalue weighted by molar-refractivity contribution is 0.0591. The van der Waals surface area contributed by atoms with Crippen molar-refractivity contribution in [3.63, 3.8) is 0 Å². The fourth-order valence-electron chi connectivity index (χ4n) is 3.33. The molecule has 0 bridgehead atoms. The smallest absolute Gasteiger partial charge is 0.254 e. The normalized spacial score (nSPS) is 15.1. The number of hydrogen-bond acceptors (Lipinski definition) is 3. The number of amides is 2. The van der Waals surface area contributed by atoms with Crippen LogP contribution in [0.15, 0.2) is 48.5 Å². The van der Waals surface area contributed by atoms with Crippen molar-refractivity contribution in [3.8, 4) is 5.75 Å². The minimum absolute atomic E-state index is 0.0552. The van der Waals surface area contributed by atoms with Crippen molar-refractivity contribution >= 4 is 23.4 Å². The summed E-state index contributed by atoms with van der Waals surface area (Å²) in [6, 6.07) is 14.3. The highest BCUT2D eigenvalue weighted by atomic mass is 35.5. The molecule has 1 aliphatic rings. The SMILES string of the molecule is CC(C)(C)NC(=O)c1ccccc1C(=O)N1CCC(Oc2ccc(Cl)cc2)CC1. The zero-order valence-corrected chi connectivity index (χ0v) is 17.8. The topological polar surface area (TPSA) is 58.6 Å². The van der Waals surface area contributed by atoms with Gasteiger partial charge in [0.1, 0.15) is 11.9 Å². The number of carbonyl (C=O) groups excluding carboxylic acids is 2. The van der Waals surface area contributed by atoms with Crippen molar-refractivity contribution in [2.75, 3.05) is 13.1 Å². The first-order valence-electron chi connectivity index (χ1n) is 9.86. The van der Waals surface area contributed by atoms with E-state index < -0.39 is 0 Å². The molecule has 6 heteroatoms. The molecule has 2 amide bonds. The lowest BCUT2D eigenvalue weighted by Crippen LogP contribution is -2.44. The summed E-state index contributed by atoms with van der Waals surface area (Å²) in [5, 5.41) is 3.61. The average Bonchev–Trinajstić information content (AvgIpc) is 2.68. The van der Waals surface area contributed by atoms with Crippen molar-refractivity contribution in [3.05, 3.63) is 64.7 Å². The first kappa shape index (κ1) is 21.2. The van der Waals surface area contributed by atoms with E-state index in [1.54, 1.807) is 41.3 Å². The Hall–Kier alpha value is -2.53. The van der Waals surface area contributed by atoms with Crippen LogP contribution in [0.1, 0.15) is 54.3 Å². The van der Waals surface area contributed by atoms with Crippen LogP contribution in [0.25, 0.3) is 0 Å². The number of nitrogens with zero attached hydrogens (tertiary/aromatic N) is 1. The molecule has 1 heterocycles. The van der Waals surface area contributed by atoms with Crippen LogP contribution in [0.4, 0.5) is 0 Å². The largest absolute Gasteiger partial charge is 0.490 e. The molecule has 1 saturated heterocycles. The number of likely N-dealkylation sites (tertiary alicyclic amines) is 1. The van der Waals surface area contributed by atoms with Gasteiger partial charge in [0.15, 0.2) is 0 Å². The zero-order valence-electron chi connectivity index (χ0n) is 17.1. The van der Waals surface area contributed by atoms with Gasteiger partial charge in [-0.15, -0.1) is 0 Å². The first-order chi connectivity index (χ1) is 13.7. The third-order valence-electron chi connectivity index (χ3n) is 4.74. The Balaban J connectivity index is 1.63. The summed E-state index contributed by atoms with van der Waals surface area (Å²) in [5.74, 6) is 0.431. The standard InChI is InChI=1S/C23H27ClN2O3/c1-23(2,3)25-21(27)19-6-4-5-7-20(19)22(28)26-14-12-18(13-15-26)29-17-10-8-16(24)9-11-17/h4-11,18H,12-15H2,1-3H3,(H,25,27). The van der Waals surface area contributed by atoms with Gasteiger partial charge in [0.25, 0.3) is 11.8 Å². The molecule has 2 aromatic rings. The van der Waals surface area contributed by atoms with Crippen LogP contribution in [0.3, 0.4) is 0 Å². The van der Waals surface area contributed by atoms with Gasteiger partial charge in [-0.2, -0.15) is 0 Å². The maximum atomic E-state index is 13.1. The van der Waals surface area contributed by atoms with E-state index in [1.807, 2.05) is 32.9 Å². The minimum Gasteiger partial charge on any atom is -0.490 e. The van der Waals surface area contributed by atoms with Gasteiger partial charge in [0.05, 0.1) is 11.1 Å². The van der Waals surface area contributed by atoms with Crippen LogP contribution >= 0.6 is 11.6 Å². The van der Waals surface area contributed by atoms with Gasteiger partial charge in [0.2, 0.25) is 0 Å². The number of benzene rings is 2. The Morgan fingerprint density at radius 1 is 1.00 bits per heavy atom. The van der Waals surface area contributed by atoms with Crippen LogP contribution in [-0.4, -0.2) is 41.4 Å². The van der Waals surface area contributed by atoms with Crippen LogP contribution in [0, 0.1) is 0 Å². The third-order valence-corrected chi connectivity index (χ3v) is 4.99. The van der Waals surface area contributed by atoms with Crippen LogP contribution < -0.4 is 10.1 Å². The second-order valence-corrected chi connectivity index (χ2v) is 8.75. The van der Waals surface area contributed by atoms with E-state index in [-0.39, 0.29) is 23.5 Å². The highest BCUT2D eigenvalue weighted by Crippen LogP contribution is 2.22. The van der Waals surface area contributed by atoms with E-state index in [0.717, 1.165) is 18.6 Å². The van der Waals surface area contributed by atoms with Crippen LogP contribution in [-0.2, 0) is 0 Å². The summed E-state index contributed by atoms with van der Waals surface area (Å²) in [4.78, 5) is 27.5. The maximum Gasteiger partial charge on any atom is 0.254 e. The molecule has 29 heavy (non-hydrogen) atoms. The van der Waals surface area contributed by atoms with E-state index >= 15 is 0 Å². The monoisotopic (exact) mass is 414 g/mol. The van der Waals surface area contributed by atoms with E-state index in [4.69, 9.17) is 16.3 Å². The molecule has 2 aromatic carbocycles. The van der Waals surface area contributed by atoms with E-state index in [9.17, 15) is 9.59 Å². The summed E-state index contributed by atoms with van der Waals surface area (Å²) in [5.41, 5.74) is 0.475. The predicted molar refractivity (Wildman–Crippen MR) is 115 cm³/mol. The van der Waals surface area contributed by atoms with Gasteiger partial charge in [0, 0.05) is 36.5 Å². The summed E-state index contributed by atoms with van der Waals surface area (Å²) >= 11 is 5.91. The van der Waals surface area contributed by atoms with Crippen molar-refractivity contribution < 1.29 is 14.3 Å². The van der Waals surface area contributed by atoms with Gasteiger partial charge in [-0.05, 0) is 57.2 Å². The van der Waals surface area contributed by atoms with E-state index in [0.29, 0.717) is 29.2 Å². The molecule has 0 aliphatic carbocycles. The Kier molecular flexibility index (Phi) is 6.48. The molecule has 154 valence electrons. The molecule has 0 atom stereocenters. The third kappa shape index (κ3) is 5.73. The molecule has 1 fully saturated rings. The van der Waals surface area contributed by atoms with Gasteiger partial charge < -0.3 is 15.0 Å². The number of nitrogens with one attached hydrogen (secondary N) is 1. The number of halogens is 1. The summed E-state index contributed by atoms with van der Waals surface area (Å²) in [6.45, 7) is 6.93. The molecule has 0 radical (unpaired) electrons. The maximum absolute atomic E-state index is 13.1. The number of rotatable bonds is 4. The van der Waals surface area contributed by atoms with Crippen LogP contribution in [0.2, 0.25) is 5.02 Å². The molecule has 0 aromatic heterocycles. The lowest BCUT2D eigenvalue weighted by atomic mass is 10.0. The molecule has 5 nitrogen and oxygen atoms in total. The molecule has 1 aliphatic heterocycles. The van der Waals surface area contributed by atoms with Gasteiger partial charge in [-0.25, -0.2) is 0 Å². The van der Waals surface area contributed by atoms with E-state index in [2.05, 4.69) is 5.32 Å². The zero-order chi connectivity index (χ0) is 21.0. The Morgan fingerprint density at radius 3 is 2.17 bits per heavy atom. The van der Waals surface area contributed by atoms with Gasteiger partial charge in [-0.1, -0.05) is 23.7 Å². The quantitative estimate of drug-likeness (QED) is 0.798. The highest BCUT2D eigenvalue weighted by molar-refractivity contribution is 6.30. The molecular formula is C23H27ClN2O3. The number of hydrogen-bond donors (Lipinski definition) is 1. The highest BCUT2D eigenvalue weighted by Gasteiger charge is 2.28. The summed E-state index contributed by atoms with van der Waals surface area (Å²) < 4.78 is 6.00. The lowest BCUT2D eigenvalue weighted by Gasteiger charge is -2.32. The molecule has 3 rings (SSSR count). The predicted octanol–water partition coefficient (Wildman–Crippen LogP) is 4.55. The molecule has 0 unspecified atom stereocenters. The molecular weight excluding hydrogens is 388 g/mol. The fraction of sp³-hybridized carbons (Fsp3) is 0.391. The Bertz CT molecular complexity index is 866. The number of ether oxygens (including phenoxy) is 1. The molecule has 1 N–H and O–H groups in total. The van der Waals surface area contributed by atoms with Gasteiger partial charge >= 0.3 is 0 Å². The van der Waals surface area contributed by atoms with Crippen molar-refractivity contribution in [2.24, 2.45) is 0 Å². The molecule has 0 saturated carbocycles. The fourth-order valence-corrected chi connectivity index (χ4v) is 3.45. The van der Waals surface area contributed by atoms with Crippen molar-refractivity contribution in [1.29, 1.82) is 0 Å². The number of carbonyl (C=O) groups is 2. The Labute approximate surface area is 177 Å².